The number of rotatable bonds is 4. The summed E-state index contributed by atoms with van der Waals surface area (Å²) in [5, 5.41) is 9.05. The molecule has 1 saturated heterocycles. The topological polar surface area (TPSA) is 49.8 Å². The number of hydrogen-bond acceptors (Lipinski definition) is 4. The van der Waals surface area contributed by atoms with Crippen molar-refractivity contribution in [2.45, 2.75) is 11.0 Å². The number of ether oxygens (including phenoxy) is 1. The quantitative estimate of drug-likeness (QED) is 0.845. The zero-order chi connectivity index (χ0) is 13.7. The molecule has 19 heavy (non-hydrogen) atoms. The first-order valence-corrected chi connectivity index (χ1v) is 7.85. The Morgan fingerprint density at radius 1 is 1.47 bits per heavy atom. The van der Waals surface area contributed by atoms with Gasteiger partial charge in [-0.25, -0.2) is 0 Å². The van der Waals surface area contributed by atoms with E-state index in [0.717, 1.165) is 9.37 Å². The zero-order valence-electron chi connectivity index (χ0n) is 10.4. The van der Waals surface area contributed by atoms with Gasteiger partial charge in [0.1, 0.15) is 0 Å². The predicted octanol–water partition coefficient (Wildman–Crippen LogP) is 1.76. The summed E-state index contributed by atoms with van der Waals surface area (Å²) < 4.78 is 6.36. The number of halogens is 1. The summed E-state index contributed by atoms with van der Waals surface area (Å²) >= 11 is 4.90. The van der Waals surface area contributed by atoms with Gasteiger partial charge < -0.3 is 14.7 Å². The Labute approximate surface area is 125 Å². The van der Waals surface area contributed by atoms with Gasteiger partial charge in [0.25, 0.3) is 0 Å². The van der Waals surface area contributed by atoms with E-state index in [1.165, 1.54) is 11.8 Å². The SMILES string of the molecule is O=C(CSc1ccc(Br)cc1)N1CCOC(CO)C1. The molecule has 1 aliphatic heterocycles. The first-order chi connectivity index (χ1) is 9.19. The van der Waals surface area contributed by atoms with Gasteiger partial charge in [0.05, 0.1) is 25.1 Å². The van der Waals surface area contributed by atoms with Gasteiger partial charge >= 0.3 is 0 Å². The number of amides is 1. The maximum atomic E-state index is 12.1. The van der Waals surface area contributed by atoms with Crippen LogP contribution < -0.4 is 0 Å². The molecule has 1 N–H and O–H groups in total. The van der Waals surface area contributed by atoms with Gasteiger partial charge in [-0.3, -0.25) is 4.79 Å². The van der Waals surface area contributed by atoms with Gasteiger partial charge in [-0.15, -0.1) is 11.8 Å². The fraction of sp³-hybridized carbons (Fsp3) is 0.462. The number of aliphatic hydroxyl groups is 1. The molecule has 6 heteroatoms. The van der Waals surface area contributed by atoms with Crippen molar-refractivity contribution in [3.05, 3.63) is 28.7 Å². The Balaban J connectivity index is 1.82. The number of carbonyl (C=O) groups is 1. The van der Waals surface area contributed by atoms with Crippen molar-refractivity contribution < 1.29 is 14.6 Å². The summed E-state index contributed by atoms with van der Waals surface area (Å²) in [6.45, 7) is 1.55. The molecule has 1 atom stereocenters. The van der Waals surface area contributed by atoms with E-state index in [9.17, 15) is 4.79 Å². The van der Waals surface area contributed by atoms with E-state index in [2.05, 4.69) is 15.9 Å². The van der Waals surface area contributed by atoms with Gasteiger partial charge in [-0.05, 0) is 24.3 Å². The third-order valence-corrected chi connectivity index (χ3v) is 4.40. The highest BCUT2D eigenvalue weighted by Crippen LogP contribution is 2.21. The normalized spacial score (nSPS) is 19.5. The van der Waals surface area contributed by atoms with Gasteiger partial charge in [-0.2, -0.15) is 0 Å². The molecule has 0 radical (unpaired) electrons. The van der Waals surface area contributed by atoms with E-state index in [0.29, 0.717) is 25.4 Å². The van der Waals surface area contributed by atoms with Gasteiger partial charge in [0, 0.05) is 22.5 Å². The number of thioether (sulfide) groups is 1. The Morgan fingerprint density at radius 3 is 2.89 bits per heavy atom. The molecule has 0 spiro atoms. The van der Waals surface area contributed by atoms with Crippen LogP contribution in [0.2, 0.25) is 0 Å². The Hall–Kier alpha value is -0.560. The van der Waals surface area contributed by atoms with Crippen LogP contribution in [-0.2, 0) is 9.53 Å². The van der Waals surface area contributed by atoms with Crippen molar-refractivity contribution in [3.63, 3.8) is 0 Å². The van der Waals surface area contributed by atoms with E-state index in [1.807, 2.05) is 24.3 Å². The molecule has 4 nitrogen and oxygen atoms in total. The average molecular weight is 346 g/mol. The molecule has 1 amide bonds. The molecular formula is C13H16BrNO3S. The molecule has 0 saturated carbocycles. The number of morpholine rings is 1. The summed E-state index contributed by atoms with van der Waals surface area (Å²) in [6, 6.07) is 7.89. The third kappa shape index (κ3) is 4.49. The van der Waals surface area contributed by atoms with E-state index >= 15 is 0 Å². The van der Waals surface area contributed by atoms with Crippen LogP contribution in [-0.4, -0.2) is 54.1 Å². The standard InChI is InChI=1S/C13H16BrNO3S/c14-10-1-3-12(4-2-10)19-9-13(17)15-5-6-18-11(7-15)8-16/h1-4,11,16H,5-9H2. The monoisotopic (exact) mass is 345 g/mol. The molecule has 0 aliphatic carbocycles. The molecule has 2 rings (SSSR count). The Morgan fingerprint density at radius 2 is 2.21 bits per heavy atom. The smallest absolute Gasteiger partial charge is 0.233 e. The number of aliphatic hydroxyl groups excluding tert-OH is 1. The van der Waals surface area contributed by atoms with Gasteiger partial charge in [-0.1, -0.05) is 15.9 Å². The highest BCUT2D eigenvalue weighted by atomic mass is 79.9. The number of hydrogen-bond donors (Lipinski definition) is 1. The maximum Gasteiger partial charge on any atom is 0.233 e. The van der Waals surface area contributed by atoms with Crippen LogP contribution in [0.1, 0.15) is 0 Å². The van der Waals surface area contributed by atoms with Crippen molar-refractivity contribution in [2.24, 2.45) is 0 Å². The minimum absolute atomic E-state index is 0.0381. The van der Waals surface area contributed by atoms with Crippen LogP contribution in [0.25, 0.3) is 0 Å². The van der Waals surface area contributed by atoms with Crippen molar-refractivity contribution in [3.8, 4) is 0 Å². The molecule has 1 aromatic carbocycles. The highest BCUT2D eigenvalue weighted by molar-refractivity contribution is 9.10. The van der Waals surface area contributed by atoms with Crippen LogP contribution in [0.5, 0.6) is 0 Å². The second kappa shape index (κ2) is 7.28. The van der Waals surface area contributed by atoms with Crippen molar-refractivity contribution >= 4 is 33.6 Å². The lowest BCUT2D eigenvalue weighted by Gasteiger charge is -2.32. The van der Waals surface area contributed by atoms with E-state index < -0.39 is 0 Å². The van der Waals surface area contributed by atoms with Crippen LogP contribution in [0.3, 0.4) is 0 Å². The van der Waals surface area contributed by atoms with Crippen molar-refractivity contribution in [1.82, 2.24) is 4.90 Å². The lowest BCUT2D eigenvalue weighted by molar-refractivity contribution is -0.137. The minimum atomic E-state index is -0.240. The van der Waals surface area contributed by atoms with Crippen molar-refractivity contribution in [2.75, 3.05) is 32.1 Å². The number of benzene rings is 1. The predicted molar refractivity (Wildman–Crippen MR) is 78.3 cm³/mol. The van der Waals surface area contributed by atoms with Crippen LogP contribution in [0.15, 0.2) is 33.6 Å². The molecule has 1 fully saturated rings. The Bertz CT molecular complexity index is 426. The second-order valence-corrected chi connectivity index (χ2v) is 6.22. The molecule has 1 aliphatic rings. The van der Waals surface area contributed by atoms with Crippen LogP contribution >= 0.6 is 27.7 Å². The summed E-state index contributed by atoms with van der Waals surface area (Å²) in [4.78, 5) is 14.9. The summed E-state index contributed by atoms with van der Waals surface area (Å²) in [5.74, 6) is 0.509. The average Bonchev–Trinajstić information content (AvgIpc) is 2.46. The van der Waals surface area contributed by atoms with E-state index in [1.54, 1.807) is 4.90 Å². The Kier molecular flexibility index (Phi) is 5.69. The van der Waals surface area contributed by atoms with Crippen molar-refractivity contribution in [1.29, 1.82) is 0 Å². The first kappa shape index (κ1) is 14.8. The second-order valence-electron chi connectivity index (χ2n) is 4.26. The molecule has 0 bridgehead atoms. The summed E-state index contributed by atoms with van der Waals surface area (Å²) in [7, 11) is 0. The van der Waals surface area contributed by atoms with E-state index in [4.69, 9.17) is 9.84 Å². The first-order valence-electron chi connectivity index (χ1n) is 6.07. The molecule has 104 valence electrons. The van der Waals surface area contributed by atoms with Crippen LogP contribution in [0, 0.1) is 0 Å². The molecule has 1 unspecified atom stereocenters. The highest BCUT2D eigenvalue weighted by Gasteiger charge is 2.23. The molecule has 1 aromatic rings. The largest absolute Gasteiger partial charge is 0.394 e. The zero-order valence-corrected chi connectivity index (χ0v) is 12.8. The third-order valence-electron chi connectivity index (χ3n) is 2.87. The fourth-order valence-corrected chi connectivity index (χ4v) is 2.89. The van der Waals surface area contributed by atoms with Crippen LogP contribution in [0.4, 0.5) is 0 Å². The minimum Gasteiger partial charge on any atom is -0.394 e. The maximum absolute atomic E-state index is 12.1. The fourth-order valence-electron chi connectivity index (χ4n) is 1.82. The lowest BCUT2D eigenvalue weighted by atomic mass is 10.3. The van der Waals surface area contributed by atoms with Gasteiger partial charge in [0.15, 0.2) is 0 Å². The summed E-state index contributed by atoms with van der Waals surface area (Å²) in [6.07, 6.45) is -0.240. The molecular weight excluding hydrogens is 330 g/mol. The van der Waals surface area contributed by atoms with Gasteiger partial charge in [0.2, 0.25) is 5.91 Å². The molecule has 0 aromatic heterocycles. The number of carbonyl (C=O) groups excluding carboxylic acids is 1. The molecule has 1 heterocycles. The lowest BCUT2D eigenvalue weighted by Crippen LogP contribution is -2.47. The number of nitrogens with zero attached hydrogens (tertiary/aromatic N) is 1. The van der Waals surface area contributed by atoms with E-state index in [-0.39, 0.29) is 18.6 Å². The summed E-state index contributed by atoms with van der Waals surface area (Å²) in [5.41, 5.74) is 0.